The Morgan fingerprint density at radius 3 is 2.47 bits per heavy atom. The van der Waals surface area contributed by atoms with Crippen molar-refractivity contribution in [3.8, 4) is 0 Å². The number of sulfone groups is 1. The highest BCUT2D eigenvalue weighted by atomic mass is 32.2. The van der Waals surface area contributed by atoms with E-state index in [4.69, 9.17) is 5.73 Å². The Morgan fingerprint density at radius 1 is 0.911 bits per heavy atom. The van der Waals surface area contributed by atoms with E-state index >= 15 is 0 Å². The van der Waals surface area contributed by atoms with E-state index in [9.17, 15) is 18.0 Å². The minimum Gasteiger partial charge on any atom is -0.383 e. The Hall–Kier alpha value is -5.22. The van der Waals surface area contributed by atoms with Crippen LogP contribution in [0.15, 0.2) is 113 Å². The summed E-state index contributed by atoms with van der Waals surface area (Å²) in [5.41, 5.74) is 9.44. The van der Waals surface area contributed by atoms with Crippen molar-refractivity contribution in [2.24, 2.45) is 0 Å². The first-order chi connectivity index (χ1) is 21.7. The summed E-state index contributed by atoms with van der Waals surface area (Å²) in [5.74, 6) is 0.00136. The fourth-order valence-electron chi connectivity index (χ4n) is 5.62. The summed E-state index contributed by atoms with van der Waals surface area (Å²) in [6, 6.07) is 27.4. The first-order valence-corrected chi connectivity index (χ1v) is 16.1. The number of nitrogens with one attached hydrogen (secondary N) is 2. The average Bonchev–Trinajstić information content (AvgIpc) is 3.04. The van der Waals surface area contributed by atoms with Gasteiger partial charge in [0.25, 0.3) is 0 Å². The molecule has 1 aromatic heterocycles. The van der Waals surface area contributed by atoms with Crippen molar-refractivity contribution < 1.29 is 18.0 Å². The van der Waals surface area contributed by atoms with Gasteiger partial charge in [0, 0.05) is 43.0 Å². The molecule has 0 saturated carbocycles. The monoisotopic (exact) mass is 619 g/mol. The zero-order chi connectivity index (χ0) is 31.6. The highest BCUT2D eigenvalue weighted by Gasteiger charge is 2.28. The molecule has 4 aromatic carbocycles. The van der Waals surface area contributed by atoms with Gasteiger partial charge in [-0.25, -0.2) is 13.4 Å². The van der Waals surface area contributed by atoms with Crippen LogP contribution in [0.1, 0.15) is 35.6 Å². The maximum atomic E-state index is 14.2. The van der Waals surface area contributed by atoms with Crippen molar-refractivity contribution in [1.29, 1.82) is 0 Å². The van der Waals surface area contributed by atoms with Crippen LogP contribution in [0.4, 0.5) is 17.2 Å². The Balaban J connectivity index is 1.41. The number of aryl methyl sites for hydroxylation is 1. The van der Waals surface area contributed by atoms with Crippen LogP contribution in [-0.4, -0.2) is 37.2 Å². The average molecular weight is 620 g/mol. The van der Waals surface area contributed by atoms with E-state index in [-0.39, 0.29) is 28.2 Å². The van der Waals surface area contributed by atoms with Gasteiger partial charge in [0.1, 0.15) is 11.9 Å². The molecule has 228 valence electrons. The molecule has 2 amide bonds. The number of hydrogen-bond donors (Lipinski definition) is 3. The third-order valence-electron chi connectivity index (χ3n) is 8.01. The molecule has 0 fully saturated rings. The lowest BCUT2D eigenvalue weighted by Gasteiger charge is -2.27. The van der Waals surface area contributed by atoms with Gasteiger partial charge in [0.2, 0.25) is 21.7 Å². The van der Waals surface area contributed by atoms with E-state index in [0.29, 0.717) is 36.3 Å². The Kier molecular flexibility index (Phi) is 8.23. The summed E-state index contributed by atoms with van der Waals surface area (Å²) in [7, 11) is -2.27. The molecule has 0 saturated heterocycles. The predicted octanol–water partition coefficient (Wildman–Crippen LogP) is 5.74. The second-order valence-corrected chi connectivity index (χ2v) is 13.1. The summed E-state index contributed by atoms with van der Waals surface area (Å²) in [5, 5.41) is 8.00. The van der Waals surface area contributed by atoms with Crippen molar-refractivity contribution in [2.75, 3.05) is 23.4 Å². The second-order valence-electron chi connectivity index (χ2n) is 11.2. The predicted molar refractivity (Wildman–Crippen MR) is 175 cm³/mol. The zero-order valence-electron chi connectivity index (χ0n) is 24.7. The van der Waals surface area contributed by atoms with Crippen molar-refractivity contribution in [2.45, 2.75) is 41.6 Å². The van der Waals surface area contributed by atoms with Crippen LogP contribution in [0.3, 0.4) is 0 Å². The molecule has 4 bridgehead atoms. The maximum Gasteiger partial charge on any atom is 0.249 e. The van der Waals surface area contributed by atoms with Crippen LogP contribution < -0.4 is 16.4 Å². The van der Waals surface area contributed by atoms with E-state index in [1.54, 1.807) is 55.7 Å². The van der Waals surface area contributed by atoms with E-state index in [1.807, 2.05) is 48.5 Å². The number of rotatable bonds is 4. The topological polar surface area (TPSA) is 134 Å². The number of carbonyl (C=O) groups excluding carboxylic acids is 2. The molecule has 45 heavy (non-hydrogen) atoms. The summed E-state index contributed by atoms with van der Waals surface area (Å²) < 4.78 is 27.5. The number of benzene rings is 4. The molecule has 9 nitrogen and oxygen atoms in total. The maximum absolute atomic E-state index is 14.2. The van der Waals surface area contributed by atoms with Crippen molar-refractivity contribution in [1.82, 2.24) is 9.88 Å². The number of nitrogens with zero attached hydrogens (tertiary/aromatic N) is 2. The lowest BCUT2D eigenvalue weighted by Crippen LogP contribution is -2.35. The lowest BCUT2D eigenvalue weighted by atomic mass is 10.00. The minimum absolute atomic E-state index is 0.0138. The third kappa shape index (κ3) is 6.37. The molecule has 0 unspecified atom stereocenters. The molecular weight excluding hydrogens is 586 g/mol. The van der Waals surface area contributed by atoms with E-state index in [2.05, 4.69) is 15.6 Å². The first-order valence-electron chi connectivity index (χ1n) is 14.7. The van der Waals surface area contributed by atoms with Crippen LogP contribution in [0.25, 0.3) is 10.8 Å². The molecular formula is C35H33N5O4S. The number of carbonyl (C=O) groups is 2. The van der Waals surface area contributed by atoms with Crippen molar-refractivity contribution >= 4 is 49.6 Å². The standard InChI is InChI=1S/C35H33N5O4S/c1-40-22-26-21-27(15-17-31(26)45(43,44)29-7-3-2-4-8-29)38-32(41)9-5-6-23-10-12-24(13-11-23)33(35(40)42)39-28-14-16-30-25(20-28)18-19-37-34(30)36/h2-4,7-8,10-21,33,39H,5-6,9,22H2,1H3,(H2,36,37)(H,38,41)/t33-/m1/s1. The van der Waals surface area contributed by atoms with E-state index in [0.717, 1.165) is 27.6 Å². The number of aromatic nitrogens is 1. The molecule has 2 aliphatic heterocycles. The fourth-order valence-corrected chi connectivity index (χ4v) is 7.11. The number of anilines is 3. The van der Waals surface area contributed by atoms with Gasteiger partial charge in [-0.15, -0.1) is 0 Å². The van der Waals surface area contributed by atoms with Crippen molar-refractivity contribution in [3.63, 3.8) is 0 Å². The van der Waals surface area contributed by atoms with Gasteiger partial charge in [-0.3, -0.25) is 9.59 Å². The minimum atomic E-state index is -3.92. The normalized spacial score (nSPS) is 16.0. The largest absolute Gasteiger partial charge is 0.383 e. The number of pyridine rings is 1. The first kappa shape index (κ1) is 29.8. The zero-order valence-corrected chi connectivity index (χ0v) is 25.6. The van der Waals surface area contributed by atoms with Gasteiger partial charge in [-0.05, 0) is 89.5 Å². The Labute approximate surface area is 262 Å². The Bertz CT molecular complexity index is 2000. The van der Waals surface area contributed by atoms with Crippen LogP contribution >= 0.6 is 0 Å². The number of nitrogen functional groups attached to an aromatic ring is 1. The molecule has 0 aliphatic carbocycles. The molecule has 1 atom stereocenters. The summed E-state index contributed by atoms with van der Waals surface area (Å²) in [6.07, 6.45) is 3.28. The SMILES string of the molecule is CN1Cc2cc(ccc2S(=O)(=O)c2ccccc2)NC(=O)CCCc2ccc(cc2)[C@@H](Nc2ccc3c(N)nccc3c2)C1=O. The van der Waals surface area contributed by atoms with Crippen LogP contribution in [-0.2, 0) is 32.4 Å². The van der Waals surface area contributed by atoms with E-state index < -0.39 is 15.9 Å². The van der Waals surface area contributed by atoms with Crippen LogP contribution in [0, 0.1) is 0 Å². The Morgan fingerprint density at radius 2 is 1.69 bits per heavy atom. The molecule has 2 aliphatic rings. The number of hydrogen-bond acceptors (Lipinski definition) is 7. The highest BCUT2D eigenvalue weighted by molar-refractivity contribution is 7.91. The van der Waals surface area contributed by atoms with Gasteiger partial charge in [-0.1, -0.05) is 42.5 Å². The van der Waals surface area contributed by atoms with Crippen LogP contribution in [0.5, 0.6) is 0 Å². The summed E-state index contributed by atoms with van der Waals surface area (Å²) >= 11 is 0. The van der Waals surface area contributed by atoms with E-state index in [1.165, 1.54) is 11.0 Å². The molecule has 7 rings (SSSR count). The summed E-state index contributed by atoms with van der Waals surface area (Å²) in [6.45, 7) is -0.0138. The molecule has 5 aromatic rings. The van der Waals surface area contributed by atoms with Gasteiger partial charge in [0.15, 0.2) is 0 Å². The van der Waals surface area contributed by atoms with Gasteiger partial charge in [0.05, 0.1) is 9.79 Å². The van der Waals surface area contributed by atoms with Gasteiger partial charge < -0.3 is 21.3 Å². The fraction of sp³-hybridized carbons (Fsp3) is 0.171. The number of likely N-dealkylation sites (N-methyl/N-ethyl adjacent to an activating group) is 1. The molecule has 4 N–H and O–H groups in total. The molecule has 10 heteroatoms. The molecule has 0 radical (unpaired) electrons. The quantitative estimate of drug-likeness (QED) is 0.234. The summed E-state index contributed by atoms with van der Waals surface area (Å²) in [4.78, 5) is 32.9. The van der Waals surface area contributed by atoms with Gasteiger partial charge in [-0.2, -0.15) is 0 Å². The number of nitrogens with two attached hydrogens (primary N) is 1. The smallest absolute Gasteiger partial charge is 0.249 e. The number of fused-ring (bicyclic) bond motifs is 10. The third-order valence-corrected chi connectivity index (χ3v) is 9.88. The van der Waals surface area contributed by atoms with Crippen LogP contribution in [0.2, 0.25) is 0 Å². The van der Waals surface area contributed by atoms with Gasteiger partial charge >= 0.3 is 0 Å². The van der Waals surface area contributed by atoms with Crippen molar-refractivity contribution in [3.05, 3.63) is 120 Å². The highest BCUT2D eigenvalue weighted by Crippen LogP contribution is 2.31. The second kappa shape index (κ2) is 12.4. The molecule has 0 spiro atoms. The number of amides is 2. The lowest BCUT2D eigenvalue weighted by molar-refractivity contribution is -0.131. The molecule has 3 heterocycles.